The van der Waals surface area contributed by atoms with Crippen molar-refractivity contribution in [1.82, 2.24) is 4.98 Å². The number of nitrogens with one attached hydrogen (secondary N) is 1. The van der Waals surface area contributed by atoms with Crippen LogP contribution in [0.2, 0.25) is 0 Å². The van der Waals surface area contributed by atoms with Gasteiger partial charge >= 0.3 is 5.69 Å². The molecule has 0 atom stereocenters. The highest BCUT2D eigenvalue weighted by molar-refractivity contribution is 5.36. The van der Waals surface area contributed by atoms with Crippen molar-refractivity contribution in [3.8, 4) is 0 Å². The molecule has 1 aromatic rings. The first kappa shape index (κ1) is 8.45. The van der Waals surface area contributed by atoms with Gasteiger partial charge in [0.1, 0.15) is 0 Å². The number of nitro groups is 1. The summed E-state index contributed by atoms with van der Waals surface area (Å²) >= 11 is 0. The first-order chi connectivity index (χ1) is 5.54. The molecule has 1 heterocycles. The van der Waals surface area contributed by atoms with E-state index in [1.54, 1.807) is 0 Å². The normalized spacial score (nSPS) is 9.83. The van der Waals surface area contributed by atoms with Gasteiger partial charge in [0.15, 0.2) is 0 Å². The fourth-order valence-electron chi connectivity index (χ4n) is 0.927. The van der Waals surface area contributed by atoms with Gasteiger partial charge in [-0.15, -0.1) is 0 Å². The molecule has 5 nitrogen and oxygen atoms in total. The maximum absolute atomic E-state index is 11.2. The number of hydrogen-bond donors (Lipinski definition) is 1. The Morgan fingerprint density at radius 3 is 2.50 bits per heavy atom. The van der Waals surface area contributed by atoms with Gasteiger partial charge in [-0.2, -0.15) is 0 Å². The topological polar surface area (TPSA) is 76.0 Å². The van der Waals surface area contributed by atoms with Crippen LogP contribution in [0.1, 0.15) is 11.3 Å². The van der Waals surface area contributed by atoms with Crippen LogP contribution in [-0.4, -0.2) is 9.91 Å². The maximum atomic E-state index is 11.2. The van der Waals surface area contributed by atoms with E-state index in [0.717, 1.165) is 0 Å². The van der Waals surface area contributed by atoms with Crippen molar-refractivity contribution in [2.75, 3.05) is 0 Å². The summed E-state index contributed by atoms with van der Waals surface area (Å²) in [6.07, 6.45) is 1.46. The molecule has 0 saturated carbocycles. The van der Waals surface area contributed by atoms with Gasteiger partial charge < -0.3 is 4.98 Å². The van der Waals surface area contributed by atoms with E-state index in [0.29, 0.717) is 5.56 Å². The molecule has 0 aliphatic rings. The zero-order valence-electron chi connectivity index (χ0n) is 6.75. The van der Waals surface area contributed by atoms with Crippen molar-refractivity contribution >= 4 is 5.69 Å². The van der Waals surface area contributed by atoms with E-state index in [1.165, 1.54) is 20.0 Å². The predicted octanol–water partition coefficient (Wildman–Crippen LogP) is 0.900. The SMILES string of the molecule is Cc1[nH]cc(C)c(=O)c1[N+](=O)[O-]. The lowest BCUT2D eigenvalue weighted by atomic mass is 10.2. The standard InChI is InChI=1S/C7H8N2O3/c1-4-3-8-5(2)6(7(4)10)9(11)12/h3H,1-2H3,(H,8,10). The van der Waals surface area contributed by atoms with Crippen LogP contribution in [-0.2, 0) is 0 Å². The van der Waals surface area contributed by atoms with Crippen LogP contribution in [0.15, 0.2) is 11.0 Å². The van der Waals surface area contributed by atoms with Gasteiger partial charge in [0.2, 0.25) is 0 Å². The number of pyridine rings is 1. The summed E-state index contributed by atoms with van der Waals surface area (Å²) in [6, 6.07) is 0. The minimum atomic E-state index is -0.666. The zero-order chi connectivity index (χ0) is 9.30. The summed E-state index contributed by atoms with van der Waals surface area (Å²) in [5, 5.41) is 10.4. The number of aromatic amines is 1. The maximum Gasteiger partial charge on any atom is 0.335 e. The van der Waals surface area contributed by atoms with Gasteiger partial charge in [0.25, 0.3) is 5.43 Å². The molecule has 1 rings (SSSR count). The number of nitrogens with zero attached hydrogens (tertiary/aromatic N) is 1. The molecule has 0 spiro atoms. The zero-order valence-corrected chi connectivity index (χ0v) is 6.75. The van der Waals surface area contributed by atoms with Crippen molar-refractivity contribution in [2.24, 2.45) is 0 Å². The van der Waals surface area contributed by atoms with Gasteiger partial charge in [-0.25, -0.2) is 0 Å². The monoisotopic (exact) mass is 168 g/mol. The minimum Gasteiger partial charge on any atom is -0.359 e. The average Bonchev–Trinajstić information content (AvgIpc) is 1.97. The largest absolute Gasteiger partial charge is 0.359 e. The number of aromatic nitrogens is 1. The fraction of sp³-hybridized carbons (Fsp3) is 0.286. The Kier molecular flexibility index (Phi) is 1.95. The lowest BCUT2D eigenvalue weighted by Gasteiger charge is -1.96. The summed E-state index contributed by atoms with van der Waals surface area (Å²) in [6.45, 7) is 3.03. The Labute approximate surface area is 68.2 Å². The second kappa shape index (κ2) is 2.77. The molecule has 0 aliphatic carbocycles. The molecule has 0 radical (unpaired) electrons. The van der Waals surface area contributed by atoms with E-state index in [-0.39, 0.29) is 11.4 Å². The summed E-state index contributed by atoms with van der Waals surface area (Å²) in [5.74, 6) is 0. The van der Waals surface area contributed by atoms with Crippen LogP contribution >= 0.6 is 0 Å². The lowest BCUT2D eigenvalue weighted by molar-refractivity contribution is -0.386. The van der Waals surface area contributed by atoms with E-state index in [2.05, 4.69) is 4.98 Å². The molecule has 64 valence electrons. The molecule has 0 amide bonds. The van der Waals surface area contributed by atoms with Gasteiger partial charge in [-0.1, -0.05) is 0 Å². The molecule has 5 heteroatoms. The van der Waals surface area contributed by atoms with Crippen LogP contribution in [0.3, 0.4) is 0 Å². The van der Waals surface area contributed by atoms with Crippen LogP contribution in [0.5, 0.6) is 0 Å². The Bertz CT molecular complexity index is 381. The Balaban J connectivity index is 3.55. The highest BCUT2D eigenvalue weighted by atomic mass is 16.6. The van der Waals surface area contributed by atoms with Crippen LogP contribution in [0.25, 0.3) is 0 Å². The molecular weight excluding hydrogens is 160 g/mol. The van der Waals surface area contributed by atoms with Crippen molar-refractivity contribution in [3.05, 3.63) is 37.8 Å². The van der Waals surface area contributed by atoms with Crippen molar-refractivity contribution in [2.45, 2.75) is 13.8 Å². The van der Waals surface area contributed by atoms with E-state index >= 15 is 0 Å². The summed E-state index contributed by atoms with van der Waals surface area (Å²) < 4.78 is 0. The Hall–Kier alpha value is -1.65. The molecule has 0 aromatic carbocycles. The fourth-order valence-corrected chi connectivity index (χ4v) is 0.927. The molecule has 1 aromatic heterocycles. The third-order valence-corrected chi connectivity index (χ3v) is 1.62. The molecule has 0 bridgehead atoms. The van der Waals surface area contributed by atoms with Gasteiger partial charge in [0.05, 0.1) is 10.6 Å². The quantitative estimate of drug-likeness (QED) is 0.500. The second-order valence-electron chi connectivity index (χ2n) is 2.53. The predicted molar refractivity (Wildman–Crippen MR) is 43.2 cm³/mol. The van der Waals surface area contributed by atoms with Crippen LogP contribution in [0.4, 0.5) is 5.69 Å². The molecule has 12 heavy (non-hydrogen) atoms. The first-order valence-corrected chi connectivity index (χ1v) is 3.37. The third-order valence-electron chi connectivity index (χ3n) is 1.62. The number of aryl methyl sites for hydroxylation is 2. The highest BCUT2D eigenvalue weighted by Crippen LogP contribution is 2.08. The number of rotatable bonds is 1. The summed E-state index contributed by atoms with van der Waals surface area (Å²) in [5.41, 5.74) is -0.242. The first-order valence-electron chi connectivity index (χ1n) is 3.37. The second-order valence-corrected chi connectivity index (χ2v) is 2.53. The van der Waals surface area contributed by atoms with Gasteiger partial charge in [0, 0.05) is 11.8 Å². The smallest absolute Gasteiger partial charge is 0.335 e. The van der Waals surface area contributed by atoms with Crippen molar-refractivity contribution < 1.29 is 4.92 Å². The highest BCUT2D eigenvalue weighted by Gasteiger charge is 2.16. The number of hydrogen-bond acceptors (Lipinski definition) is 3. The third kappa shape index (κ3) is 1.20. The van der Waals surface area contributed by atoms with E-state index < -0.39 is 10.4 Å². The molecule has 1 N–H and O–H groups in total. The average molecular weight is 168 g/mol. The minimum absolute atomic E-state index is 0.288. The van der Waals surface area contributed by atoms with Gasteiger partial charge in [-0.3, -0.25) is 14.9 Å². The van der Waals surface area contributed by atoms with Crippen LogP contribution < -0.4 is 5.43 Å². The Morgan fingerprint density at radius 1 is 1.50 bits per heavy atom. The Morgan fingerprint density at radius 2 is 2.08 bits per heavy atom. The molecule has 0 unspecified atom stereocenters. The van der Waals surface area contributed by atoms with E-state index in [4.69, 9.17) is 0 Å². The van der Waals surface area contributed by atoms with Gasteiger partial charge in [-0.05, 0) is 13.8 Å². The van der Waals surface area contributed by atoms with Crippen molar-refractivity contribution in [1.29, 1.82) is 0 Å². The molecule has 0 aliphatic heterocycles. The van der Waals surface area contributed by atoms with E-state index in [1.807, 2.05) is 0 Å². The lowest BCUT2D eigenvalue weighted by Crippen LogP contribution is -2.13. The van der Waals surface area contributed by atoms with Crippen LogP contribution in [0, 0.1) is 24.0 Å². The molecule has 0 fully saturated rings. The van der Waals surface area contributed by atoms with E-state index in [9.17, 15) is 14.9 Å². The number of H-pyrrole nitrogens is 1. The summed E-state index contributed by atoms with van der Waals surface area (Å²) in [7, 11) is 0. The summed E-state index contributed by atoms with van der Waals surface area (Å²) in [4.78, 5) is 23.5. The molecular formula is C7H8N2O3. The molecule has 0 saturated heterocycles. The van der Waals surface area contributed by atoms with Crippen molar-refractivity contribution in [3.63, 3.8) is 0 Å².